The van der Waals surface area contributed by atoms with E-state index in [1.54, 1.807) is 30.3 Å². The minimum Gasteiger partial charge on any atom is -0.457 e. The molecule has 5 N–H and O–H groups in total. The standard InChI is InChI=1S/C53H44F6N4O3/c1-5-36-8-6-9-37(30-36)35(4)62-49-32-44(19-12-33(49)2)61-34(3)38-10-7-11-39(31-38)50(64)63-43-20-28-48(29-21-43)66-46-24-15-41(16-25-46)51(52(54,55)56,53(57,58)59)40-13-22-45(23-14-40)65-47-26-17-42(60)18-27-47/h6-32,61-62H,3-5,60H2,1-2H3,(H,63,64). The van der Waals surface area contributed by atoms with E-state index >= 15 is 0 Å². The molecule has 7 nitrogen and oxygen atoms in total. The van der Waals surface area contributed by atoms with Gasteiger partial charge >= 0.3 is 12.4 Å². The Hall–Kier alpha value is -7.93. The molecule has 0 saturated heterocycles. The van der Waals surface area contributed by atoms with Gasteiger partial charge in [0.25, 0.3) is 5.91 Å². The zero-order valence-corrected chi connectivity index (χ0v) is 35.8. The van der Waals surface area contributed by atoms with Crippen LogP contribution in [0.5, 0.6) is 23.0 Å². The molecule has 0 radical (unpaired) electrons. The highest BCUT2D eigenvalue weighted by Gasteiger charge is 2.72. The second-order valence-corrected chi connectivity index (χ2v) is 15.4. The third-order valence-electron chi connectivity index (χ3n) is 10.9. The van der Waals surface area contributed by atoms with Crippen molar-refractivity contribution in [1.82, 2.24) is 0 Å². The lowest BCUT2D eigenvalue weighted by atomic mass is 9.73. The lowest BCUT2D eigenvalue weighted by Crippen LogP contribution is -2.54. The number of carbonyl (C=O) groups is 1. The van der Waals surface area contributed by atoms with Gasteiger partial charge < -0.3 is 31.2 Å². The van der Waals surface area contributed by atoms with Crippen molar-refractivity contribution in [3.8, 4) is 23.0 Å². The summed E-state index contributed by atoms with van der Waals surface area (Å²) in [5.74, 6) is 0.0981. The maximum atomic E-state index is 14.8. The molecule has 7 rings (SSSR count). The van der Waals surface area contributed by atoms with Crippen LogP contribution in [0.25, 0.3) is 11.4 Å². The first-order chi connectivity index (χ1) is 31.4. The van der Waals surface area contributed by atoms with Gasteiger partial charge in [-0.2, -0.15) is 26.3 Å². The smallest absolute Gasteiger partial charge is 0.411 e. The zero-order valence-electron chi connectivity index (χ0n) is 35.8. The van der Waals surface area contributed by atoms with Gasteiger partial charge in [-0.05, 0) is 150 Å². The molecule has 0 atom stereocenters. The first kappa shape index (κ1) is 46.1. The lowest BCUT2D eigenvalue weighted by Gasteiger charge is -2.38. The highest BCUT2D eigenvalue weighted by Crippen LogP contribution is 2.56. The molecule has 0 unspecified atom stereocenters. The number of nitrogens with one attached hydrogen (secondary N) is 3. The van der Waals surface area contributed by atoms with Crippen molar-refractivity contribution in [1.29, 1.82) is 0 Å². The summed E-state index contributed by atoms with van der Waals surface area (Å²) in [6.07, 6.45) is -10.7. The molecule has 0 spiro atoms. The Labute approximate surface area is 378 Å². The molecule has 0 aromatic heterocycles. The molecule has 336 valence electrons. The molecule has 66 heavy (non-hydrogen) atoms. The van der Waals surface area contributed by atoms with Crippen molar-refractivity contribution in [2.24, 2.45) is 0 Å². The maximum Gasteiger partial charge on any atom is 0.411 e. The van der Waals surface area contributed by atoms with Crippen molar-refractivity contribution >= 4 is 40.1 Å². The number of carbonyl (C=O) groups excluding carboxylic acids is 1. The van der Waals surface area contributed by atoms with Crippen LogP contribution in [-0.2, 0) is 11.8 Å². The number of hydrogen-bond acceptors (Lipinski definition) is 6. The number of hydrogen-bond donors (Lipinski definition) is 4. The number of aryl methyl sites for hydroxylation is 2. The van der Waals surface area contributed by atoms with Gasteiger partial charge in [-0.25, -0.2) is 0 Å². The number of rotatable bonds is 15. The summed E-state index contributed by atoms with van der Waals surface area (Å²) in [4.78, 5) is 13.3. The average molecular weight is 899 g/mol. The summed E-state index contributed by atoms with van der Waals surface area (Å²) in [6, 6.07) is 40.3. The topological polar surface area (TPSA) is 97.6 Å². The molecular weight excluding hydrogens is 855 g/mol. The Morgan fingerprint density at radius 1 is 0.545 bits per heavy atom. The fourth-order valence-corrected chi connectivity index (χ4v) is 7.29. The molecule has 0 aliphatic heterocycles. The van der Waals surface area contributed by atoms with Gasteiger partial charge in [-0.1, -0.05) is 80.7 Å². The van der Waals surface area contributed by atoms with Crippen LogP contribution in [0.15, 0.2) is 177 Å². The molecule has 0 bridgehead atoms. The number of amides is 1. The third-order valence-corrected chi connectivity index (χ3v) is 10.9. The fraction of sp³-hybridized carbons (Fsp3) is 0.113. The summed E-state index contributed by atoms with van der Waals surface area (Å²) >= 11 is 0. The Morgan fingerprint density at radius 2 is 1.00 bits per heavy atom. The number of halogens is 6. The minimum absolute atomic E-state index is 0.0204. The molecule has 7 aromatic carbocycles. The van der Waals surface area contributed by atoms with E-state index in [2.05, 4.69) is 48.2 Å². The van der Waals surface area contributed by atoms with Crippen LogP contribution in [0.3, 0.4) is 0 Å². The van der Waals surface area contributed by atoms with Crippen LogP contribution < -0.4 is 31.2 Å². The van der Waals surface area contributed by atoms with Crippen LogP contribution in [0.2, 0.25) is 0 Å². The lowest BCUT2D eigenvalue weighted by molar-refractivity contribution is -0.288. The van der Waals surface area contributed by atoms with Crippen LogP contribution >= 0.6 is 0 Å². The van der Waals surface area contributed by atoms with Crippen molar-refractivity contribution < 1.29 is 40.6 Å². The second-order valence-electron chi connectivity index (χ2n) is 15.4. The van der Waals surface area contributed by atoms with E-state index in [1.165, 1.54) is 42.0 Å². The molecule has 7 aromatic rings. The molecule has 13 heteroatoms. The Bertz CT molecular complexity index is 2840. The van der Waals surface area contributed by atoms with Gasteiger partial charge in [-0.15, -0.1) is 0 Å². The van der Waals surface area contributed by atoms with Crippen molar-refractivity contribution in [2.45, 2.75) is 38.0 Å². The molecular formula is C53H44F6N4O3. The second kappa shape index (κ2) is 19.0. The van der Waals surface area contributed by atoms with E-state index in [0.29, 0.717) is 33.9 Å². The first-order valence-corrected chi connectivity index (χ1v) is 20.6. The summed E-state index contributed by atoms with van der Waals surface area (Å²) in [6.45, 7) is 12.5. The SMILES string of the molecule is C=C(Nc1ccc(C)c(NC(=C)c2cccc(CC)c2)c1)c1cccc(C(=O)Nc2ccc(Oc3ccc(C(c4ccc(Oc5ccc(N)cc5)cc4)(C(F)(F)F)C(F)(F)F)cc3)cc2)c1. The summed E-state index contributed by atoms with van der Waals surface area (Å²) in [7, 11) is 0. The van der Waals surface area contributed by atoms with Gasteiger partial charge in [-0.3, -0.25) is 4.79 Å². The van der Waals surface area contributed by atoms with E-state index in [1.807, 2.05) is 43.3 Å². The first-order valence-electron chi connectivity index (χ1n) is 20.6. The van der Waals surface area contributed by atoms with Crippen molar-refractivity contribution in [2.75, 3.05) is 21.7 Å². The summed E-state index contributed by atoms with van der Waals surface area (Å²) < 4.78 is 100. The van der Waals surface area contributed by atoms with Crippen molar-refractivity contribution in [3.05, 3.63) is 216 Å². The summed E-state index contributed by atoms with van der Waals surface area (Å²) in [5.41, 5.74) is 7.26. The quantitative estimate of drug-likeness (QED) is 0.0605. The zero-order chi connectivity index (χ0) is 47.2. The van der Waals surface area contributed by atoms with E-state index in [9.17, 15) is 31.1 Å². The Balaban J connectivity index is 0.992. The molecule has 0 saturated carbocycles. The number of nitrogen functional groups attached to an aromatic ring is 1. The molecule has 0 fully saturated rings. The van der Waals surface area contributed by atoms with E-state index in [0.717, 1.165) is 83.2 Å². The van der Waals surface area contributed by atoms with Crippen LogP contribution in [0.4, 0.5) is 49.1 Å². The molecule has 0 aliphatic carbocycles. The molecule has 0 heterocycles. The highest BCUT2D eigenvalue weighted by atomic mass is 19.4. The predicted octanol–water partition coefficient (Wildman–Crippen LogP) is 14.6. The third kappa shape index (κ3) is 10.2. The minimum atomic E-state index is -5.79. The molecule has 0 aliphatic rings. The van der Waals surface area contributed by atoms with E-state index in [-0.39, 0.29) is 17.2 Å². The summed E-state index contributed by atoms with van der Waals surface area (Å²) in [5, 5.41) is 9.56. The predicted molar refractivity (Wildman–Crippen MR) is 250 cm³/mol. The molecule has 1 amide bonds. The van der Waals surface area contributed by atoms with Crippen LogP contribution in [0, 0.1) is 6.92 Å². The monoisotopic (exact) mass is 898 g/mol. The normalized spacial score (nSPS) is 11.6. The fourth-order valence-electron chi connectivity index (χ4n) is 7.29. The Kier molecular flexibility index (Phi) is 13.3. The van der Waals surface area contributed by atoms with Gasteiger partial charge in [0.2, 0.25) is 5.41 Å². The van der Waals surface area contributed by atoms with Crippen LogP contribution in [-0.4, -0.2) is 18.3 Å². The largest absolute Gasteiger partial charge is 0.457 e. The maximum absolute atomic E-state index is 14.8. The number of benzene rings is 7. The van der Waals surface area contributed by atoms with Gasteiger partial charge in [0.15, 0.2) is 0 Å². The van der Waals surface area contributed by atoms with Gasteiger partial charge in [0.1, 0.15) is 23.0 Å². The van der Waals surface area contributed by atoms with Gasteiger partial charge in [0.05, 0.1) is 0 Å². The van der Waals surface area contributed by atoms with Gasteiger partial charge in [0, 0.05) is 39.7 Å². The number of alkyl halides is 6. The number of anilines is 4. The van der Waals surface area contributed by atoms with Crippen molar-refractivity contribution in [3.63, 3.8) is 0 Å². The Morgan fingerprint density at radius 3 is 1.53 bits per heavy atom. The number of ether oxygens (including phenoxy) is 2. The van der Waals surface area contributed by atoms with E-state index < -0.39 is 34.8 Å². The van der Waals surface area contributed by atoms with Crippen LogP contribution in [0.1, 0.15) is 50.7 Å². The number of nitrogens with two attached hydrogens (primary N) is 1. The average Bonchev–Trinajstić information content (AvgIpc) is 3.29. The highest BCUT2D eigenvalue weighted by molar-refractivity contribution is 6.04. The van der Waals surface area contributed by atoms with E-state index in [4.69, 9.17) is 15.2 Å².